The fourth-order valence-electron chi connectivity index (χ4n) is 2.86. The van der Waals surface area contributed by atoms with Gasteiger partial charge in [0.05, 0.1) is 11.4 Å². The van der Waals surface area contributed by atoms with Gasteiger partial charge in [0.2, 0.25) is 15.9 Å². The molecule has 9 heteroatoms. The molecule has 0 spiro atoms. The molecule has 0 unspecified atom stereocenters. The topological polar surface area (TPSA) is 57.7 Å². The van der Waals surface area contributed by atoms with Gasteiger partial charge in [-0.2, -0.15) is 4.31 Å². The highest BCUT2D eigenvalue weighted by atomic mass is 79.9. The lowest BCUT2D eigenvalue weighted by Crippen LogP contribution is -2.41. The first-order valence-electron chi connectivity index (χ1n) is 9.20. The first-order valence-corrected chi connectivity index (χ1v) is 11.8. The zero-order valence-corrected chi connectivity index (χ0v) is 19.7. The number of rotatable bonds is 7. The van der Waals surface area contributed by atoms with Gasteiger partial charge in [-0.05, 0) is 60.2 Å². The summed E-state index contributed by atoms with van der Waals surface area (Å²) >= 11 is 9.53. The minimum atomic E-state index is -4.00. The molecule has 0 radical (unpaired) electrons. The average molecular weight is 526 g/mol. The number of hydrogen-bond donors (Lipinski definition) is 0. The molecular weight excluding hydrogens is 507 g/mol. The van der Waals surface area contributed by atoms with Crippen LogP contribution in [0.1, 0.15) is 5.56 Å². The summed E-state index contributed by atoms with van der Waals surface area (Å²) in [6, 6.07) is 18.4. The van der Waals surface area contributed by atoms with E-state index < -0.39 is 28.3 Å². The Hall–Kier alpha value is -2.26. The van der Waals surface area contributed by atoms with E-state index in [1.54, 1.807) is 36.4 Å². The molecule has 3 aromatic carbocycles. The molecule has 0 bridgehead atoms. The molecule has 1 amide bonds. The van der Waals surface area contributed by atoms with Crippen LogP contribution in [-0.4, -0.2) is 32.2 Å². The van der Waals surface area contributed by atoms with Crippen molar-refractivity contribution in [3.05, 3.63) is 93.7 Å². The molecule has 3 rings (SSSR count). The number of amides is 1. The molecule has 0 N–H and O–H groups in total. The maximum absolute atomic E-state index is 13.3. The van der Waals surface area contributed by atoms with Crippen molar-refractivity contribution in [2.45, 2.75) is 11.4 Å². The SMILES string of the molecule is CN(C(=O)CN(Cc1ccccc1Cl)S(=O)(=O)c1ccc(Br)cc1)c1ccc(F)cc1. The highest BCUT2D eigenvalue weighted by molar-refractivity contribution is 9.10. The van der Waals surface area contributed by atoms with E-state index in [-0.39, 0.29) is 11.4 Å². The molecule has 31 heavy (non-hydrogen) atoms. The van der Waals surface area contributed by atoms with Crippen molar-refractivity contribution in [3.8, 4) is 0 Å². The molecule has 0 saturated carbocycles. The molecule has 0 aliphatic carbocycles. The van der Waals surface area contributed by atoms with Gasteiger partial charge >= 0.3 is 0 Å². The van der Waals surface area contributed by atoms with E-state index in [1.165, 1.54) is 48.3 Å². The second kappa shape index (κ2) is 9.91. The van der Waals surface area contributed by atoms with E-state index in [0.29, 0.717) is 16.3 Å². The van der Waals surface area contributed by atoms with Gasteiger partial charge in [0.1, 0.15) is 5.82 Å². The largest absolute Gasteiger partial charge is 0.314 e. The highest BCUT2D eigenvalue weighted by Gasteiger charge is 2.29. The summed E-state index contributed by atoms with van der Waals surface area (Å²) in [5, 5.41) is 0.401. The third-order valence-electron chi connectivity index (χ3n) is 4.66. The standard InChI is InChI=1S/C22H19BrClFN2O3S/c1-26(19-10-8-18(25)9-11-19)22(28)15-27(14-16-4-2-3-5-21(16)24)31(29,30)20-12-6-17(23)7-13-20/h2-13H,14-15H2,1H3. The maximum Gasteiger partial charge on any atom is 0.243 e. The predicted octanol–water partition coefficient (Wildman–Crippen LogP) is 5.10. The number of hydrogen-bond acceptors (Lipinski definition) is 3. The minimum Gasteiger partial charge on any atom is -0.314 e. The molecule has 0 atom stereocenters. The molecule has 0 heterocycles. The molecule has 0 saturated heterocycles. The van der Waals surface area contributed by atoms with Gasteiger partial charge in [-0.3, -0.25) is 4.79 Å². The third kappa shape index (κ3) is 5.71. The summed E-state index contributed by atoms with van der Waals surface area (Å²) in [4.78, 5) is 14.3. The van der Waals surface area contributed by atoms with Gasteiger partial charge in [0, 0.05) is 28.8 Å². The highest BCUT2D eigenvalue weighted by Crippen LogP contribution is 2.24. The van der Waals surface area contributed by atoms with E-state index in [2.05, 4.69) is 15.9 Å². The van der Waals surface area contributed by atoms with Crippen LogP contribution in [0.4, 0.5) is 10.1 Å². The molecule has 0 aromatic heterocycles. The fraction of sp³-hybridized carbons (Fsp3) is 0.136. The van der Waals surface area contributed by atoms with Crippen LogP contribution in [0, 0.1) is 5.82 Å². The van der Waals surface area contributed by atoms with Crippen LogP contribution in [0.2, 0.25) is 5.02 Å². The van der Waals surface area contributed by atoms with Gasteiger partial charge < -0.3 is 4.90 Å². The molecule has 0 fully saturated rings. The van der Waals surface area contributed by atoms with Crippen molar-refractivity contribution in [2.75, 3.05) is 18.5 Å². The van der Waals surface area contributed by atoms with Crippen LogP contribution >= 0.6 is 27.5 Å². The van der Waals surface area contributed by atoms with E-state index in [4.69, 9.17) is 11.6 Å². The summed E-state index contributed by atoms with van der Waals surface area (Å²) in [7, 11) is -2.49. The Balaban J connectivity index is 1.93. The molecule has 3 aromatic rings. The zero-order chi connectivity index (χ0) is 22.6. The third-order valence-corrected chi connectivity index (χ3v) is 7.36. The van der Waals surface area contributed by atoms with Crippen molar-refractivity contribution in [1.82, 2.24) is 4.31 Å². The first kappa shape index (κ1) is 23.4. The normalized spacial score (nSPS) is 11.5. The van der Waals surface area contributed by atoms with Gasteiger partial charge in [-0.15, -0.1) is 0 Å². The summed E-state index contributed by atoms with van der Waals surface area (Å²) < 4.78 is 41.7. The number of halogens is 3. The van der Waals surface area contributed by atoms with Crippen molar-refractivity contribution >= 4 is 49.1 Å². The molecule has 5 nitrogen and oxygen atoms in total. The van der Waals surface area contributed by atoms with E-state index in [0.717, 1.165) is 8.78 Å². The number of nitrogens with zero attached hydrogens (tertiary/aromatic N) is 2. The van der Waals surface area contributed by atoms with Crippen LogP contribution in [0.5, 0.6) is 0 Å². The Morgan fingerprint density at radius 3 is 2.23 bits per heavy atom. The molecule has 0 aliphatic heterocycles. The summed E-state index contributed by atoms with van der Waals surface area (Å²) in [6.07, 6.45) is 0. The Kier molecular flexibility index (Phi) is 7.48. The van der Waals surface area contributed by atoms with Gasteiger partial charge in [-0.1, -0.05) is 45.7 Å². The van der Waals surface area contributed by atoms with Crippen LogP contribution in [-0.2, 0) is 21.4 Å². The second-order valence-electron chi connectivity index (χ2n) is 6.75. The lowest BCUT2D eigenvalue weighted by molar-refractivity contribution is -0.118. The lowest BCUT2D eigenvalue weighted by atomic mass is 10.2. The number of anilines is 1. The Morgan fingerprint density at radius 1 is 1.00 bits per heavy atom. The smallest absolute Gasteiger partial charge is 0.243 e. The molecular formula is C22H19BrClFN2O3S. The average Bonchev–Trinajstić information content (AvgIpc) is 2.75. The maximum atomic E-state index is 13.3. The lowest BCUT2D eigenvalue weighted by Gasteiger charge is -2.25. The number of carbonyl (C=O) groups is 1. The fourth-order valence-corrected chi connectivity index (χ4v) is 4.69. The number of sulfonamides is 1. The van der Waals surface area contributed by atoms with Gasteiger partial charge in [-0.25, -0.2) is 12.8 Å². The second-order valence-corrected chi connectivity index (χ2v) is 10.0. The van der Waals surface area contributed by atoms with Gasteiger partial charge in [0.15, 0.2) is 0 Å². The predicted molar refractivity (Wildman–Crippen MR) is 123 cm³/mol. The van der Waals surface area contributed by atoms with Crippen molar-refractivity contribution < 1.29 is 17.6 Å². The van der Waals surface area contributed by atoms with E-state index in [1.807, 2.05) is 0 Å². The van der Waals surface area contributed by atoms with Crippen molar-refractivity contribution in [1.29, 1.82) is 0 Å². The first-order chi connectivity index (χ1) is 14.7. The van der Waals surface area contributed by atoms with E-state index >= 15 is 0 Å². The molecule has 162 valence electrons. The van der Waals surface area contributed by atoms with E-state index in [9.17, 15) is 17.6 Å². The Morgan fingerprint density at radius 2 is 1.61 bits per heavy atom. The molecule has 0 aliphatic rings. The quantitative estimate of drug-likeness (QED) is 0.431. The Bertz CT molecular complexity index is 1170. The van der Waals surface area contributed by atoms with Crippen molar-refractivity contribution in [3.63, 3.8) is 0 Å². The van der Waals surface area contributed by atoms with Crippen LogP contribution in [0.25, 0.3) is 0 Å². The van der Waals surface area contributed by atoms with Crippen LogP contribution < -0.4 is 4.90 Å². The monoisotopic (exact) mass is 524 g/mol. The summed E-state index contributed by atoms with van der Waals surface area (Å²) in [5.41, 5.74) is 1.02. The van der Waals surface area contributed by atoms with Crippen molar-refractivity contribution in [2.24, 2.45) is 0 Å². The summed E-state index contributed by atoms with van der Waals surface area (Å²) in [5.74, 6) is -0.901. The number of carbonyl (C=O) groups excluding carboxylic acids is 1. The van der Waals surface area contributed by atoms with Gasteiger partial charge in [0.25, 0.3) is 0 Å². The zero-order valence-electron chi connectivity index (χ0n) is 16.5. The van der Waals surface area contributed by atoms with Crippen LogP contribution in [0.3, 0.4) is 0 Å². The summed E-state index contributed by atoms with van der Waals surface area (Å²) in [6.45, 7) is -0.501. The number of likely N-dealkylation sites (N-methyl/N-ethyl adjacent to an activating group) is 1. The number of benzene rings is 3. The minimum absolute atomic E-state index is 0.0555. The Labute approximate surface area is 194 Å². The van der Waals surface area contributed by atoms with Crippen LogP contribution in [0.15, 0.2) is 82.2 Å².